The first-order valence-electron chi connectivity index (χ1n) is 10.9. The molecule has 174 valence electrons. The summed E-state index contributed by atoms with van der Waals surface area (Å²) in [7, 11) is 0. The average Bonchev–Trinajstić information content (AvgIpc) is 3.19. The van der Waals surface area contributed by atoms with Crippen molar-refractivity contribution in [3.63, 3.8) is 0 Å². The van der Waals surface area contributed by atoms with Crippen molar-refractivity contribution in [2.75, 3.05) is 10.6 Å². The van der Waals surface area contributed by atoms with Gasteiger partial charge in [-0.05, 0) is 61.9 Å². The van der Waals surface area contributed by atoms with E-state index in [0.29, 0.717) is 16.9 Å². The molecule has 7 nitrogen and oxygen atoms in total. The molecule has 2 atom stereocenters. The Morgan fingerprint density at radius 2 is 1.64 bits per heavy atom. The number of fused-ring (bicyclic) bond motifs is 1. The average molecular weight is 454 g/mol. The second-order valence-corrected chi connectivity index (χ2v) is 9.90. The molecule has 1 aromatic heterocycles. The maximum absolute atomic E-state index is 14.9. The minimum atomic E-state index is -0.767. The fourth-order valence-electron chi connectivity index (χ4n) is 4.42. The second kappa shape index (κ2) is 7.57. The van der Waals surface area contributed by atoms with E-state index in [4.69, 9.17) is 4.42 Å². The van der Waals surface area contributed by atoms with Crippen molar-refractivity contribution >= 4 is 23.0 Å². The highest BCUT2D eigenvalue weighted by Gasteiger charge is 2.36. The number of carbonyl (C=O) groups excluding carboxylic acids is 1. The highest BCUT2D eigenvalue weighted by molar-refractivity contribution is 6.05. The highest BCUT2D eigenvalue weighted by atomic mass is 19.1. The maximum atomic E-state index is 14.9. The van der Waals surface area contributed by atoms with Crippen molar-refractivity contribution < 1.29 is 13.6 Å². The predicted molar refractivity (Wildman–Crippen MR) is 126 cm³/mol. The van der Waals surface area contributed by atoms with E-state index in [1.165, 1.54) is 6.07 Å². The summed E-state index contributed by atoms with van der Waals surface area (Å²) in [5.41, 5.74) is 0.475. The third-order valence-corrected chi connectivity index (χ3v) is 6.32. The fraction of sp³-hybridized carbons (Fsp3) is 0.400. The predicted octanol–water partition coefficient (Wildman–Crippen LogP) is 4.69. The zero-order valence-electron chi connectivity index (χ0n) is 19.8. The molecule has 8 heteroatoms. The topological polar surface area (TPSA) is 100 Å². The molecule has 1 aliphatic rings. The summed E-state index contributed by atoms with van der Waals surface area (Å²) in [6.07, 6.45) is 0. The molecule has 2 heterocycles. The molecule has 2 aromatic carbocycles. The Morgan fingerprint density at radius 3 is 2.21 bits per heavy atom. The third-order valence-electron chi connectivity index (χ3n) is 6.32. The van der Waals surface area contributed by atoms with Crippen molar-refractivity contribution in [2.45, 2.75) is 60.5 Å². The van der Waals surface area contributed by atoms with Gasteiger partial charge >= 0.3 is 0 Å². The third kappa shape index (κ3) is 3.63. The number of hydrogen-bond donors (Lipinski definition) is 3. The van der Waals surface area contributed by atoms with E-state index in [9.17, 15) is 18.8 Å². The molecular formula is C25H28FN3O4. The summed E-state index contributed by atoms with van der Waals surface area (Å²) in [4.78, 5) is 37.5. The zero-order chi connectivity index (χ0) is 24.4. The van der Waals surface area contributed by atoms with Crippen LogP contribution in [0.3, 0.4) is 0 Å². The monoisotopic (exact) mass is 453 g/mol. The Bertz CT molecular complexity index is 1340. The van der Waals surface area contributed by atoms with Crippen molar-refractivity contribution in [1.29, 1.82) is 0 Å². The molecule has 0 saturated heterocycles. The first kappa shape index (κ1) is 22.8. The quantitative estimate of drug-likeness (QED) is 0.485. The minimum absolute atomic E-state index is 0.0480. The largest absolute Gasteiger partial charge is 0.464 e. The Morgan fingerprint density at radius 1 is 1.00 bits per heavy atom. The standard InChI is InChI=1S/C25H28FN3O4/c1-10-9-15(33-13(10)4)23(25(5,6)7)29-20-19(21(30)22(20)31)28-18-14(26)8-11(2)16-12(3)27-24(32)17(16)18/h8-9,12,23,28-29H,1-7H3,(H,27,32). The molecule has 33 heavy (non-hydrogen) atoms. The maximum Gasteiger partial charge on any atom is 0.254 e. The van der Waals surface area contributed by atoms with Crippen LogP contribution >= 0.6 is 0 Å². The molecule has 1 amide bonds. The van der Waals surface area contributed by atoms with E-state index in [-0.39, 0.29) is 34.1 Å². The van der Waals surface area contributed by atoms with Gasteiger partial charge in [-0.25, -0.2) is 4.39 Å². The smallest absolute Gasteiger partial charge is 0.254 e. The molecule has 0 bridgehead atoms. The Kier molecular flexibility index (Phi) is 5.22. The lowest BCUT2D eigenvalue weighted by Crippen LogP contribution is -2.39. The van der Waals surface area contributed by atoms with Gasteiger partial charge in [0.05, 0.1) is 23.3 Å². The molecule has 1 aliphatic heterocycles. The molecule has 0 fully saturated rings. The molecule has 0 saturated carbocycles. The van der Waals surface area contributed by atoms with Crippen LogP contribution in [0.1, 0.15) is 78.3 Å². The molecule has 2 unspecified atom stereocenters. The number of furan rings is 1. The van der Waals surface area contributed by atoms with Crippen molar-refractivity contribution in [2.24, 2.45) is 5.41 Å². The van der Waals surface area contributed by atoms with Crippen LogP contribution in [0, 0.1) is 32.0 Å². The van der Waals surface area contributed by atoms with E-state index in [2.05, 4.69) is 16.0 Å². The number of halogens is 1. The van der Waals surface area contributed by atoms with Crippen LogP contribution in [-0.4, -0.2) is 5.91 Å². The fourth-order valence-corrected chi connectivity index (χ4v) is 4.42. The van der Waals surface area contributed by atoms with Crippen LogP contribution in [0.15, 0.2) is 26.1 Å². The molecular weight excluding hydrogens is 425 g/mol. The van der Waals surface area contributed by atoms with Crippen LogP contribution in [0.2, 0.25) is 0 Å². The molecule has 0 aliphatic carbocycles. The lowest BCUT2D eigenvalue weighted by Gasteiger charge is -2.31. The summed E-state index contributed by atoms with van der Waals surface area (Å²) < 4.78 is 20.8. The number of rotatable bonds is 5. The van der Waals surface area contributed by atoms with Crippen LogP contribution in [0.25, 0.3) is 0 Å². The number of aryl methyl sites for hydroxylation is 3. The summed E-state index contributed by atoms with van der Waals surface area (Å²) in [5.74, 6) is 0.304. The van der Waals surface area contributed by atoms with Crippen molar-refractivity contribution in [1.82, 2.24) is 5.32 Å². The SMILES string of the molecule is Cc1cc(C(Nc2c(Nc3c(F)cc(C)c4c3C(=O)NC4C)c(=O)c2=O)C(C)(C)C)oc1C. The molecule has 0 spiro atoms. The molecule has 3 aromatic rings. The zero-order valence-corrected chi connectivity index (χ0v) is 19.8. The van der Waals surface area contributed by atoms with Gasteiger partial charge in [0.1, 0.15) is 28.7 Å². The Hall–Kier alpha value is -3.42. The lowest BCUT2D eigenvalue weighted by molar-refractivity contribution is 0.0959. The van der Waals surface area contributed by atoms with Gasteiger partial charge in [0.15, 0.2) is 0 Å². The van der Waals surface area contributed by atoms with E-state index in [1.807, 2.05) is 47.6 Å². The number of amides is 1. The van der Waals surface area contributed by atoms with Gasteiger partial charge in [0.2, 0.25) is 0 Å². The minimum Gasteiger partial charge on any atom is -0.464 e. The number of nitrogens with one attached hydrogen (secondary N) is 3. The summed E-state index contributed by atoms with van der Waals surface area (Å²) in [5, 5.41) is 8.68. The highest BCUT2D eigenvalue weighted by Crippen LogP contribution is 2.40. The molecule has 0 radical (unpaired) electrons. The van der Waals surface area contributed by atoms with Gasteiger partial charge < -0.3 is 20.4 Å². The normalized spacial score (nSPS) is 16.6. The van der Waals surface area contributed by atoms with E-state index in [1.54, 1.807) is 6.92 Å². The second-order valence-electron chi connectivity index (χ2n) is 9.90. The summed E-state index contributed by atoms with van der Waals surface area (Å²) >= 11 is 0. The number of hydrogen-bond acceptors (Lipinski definition) is 6. The van der Waals surface area contributed by atoms with Gasteiger partial charge in [-0.1, -0.05) is 20.8 Å². The number of benzene rings is 1. The van der Waals surface area contributed by atoms with Crippen LogP contribution < -0.4 is 26.8 Å². The Labute approximate surface area is 191 Å². The van der Waals surface area contributed by atoms with Gasteiger partial charge in [0.25, 0.3) is 16.8 Å². The number of anilines is 3. The van der Waals surface area contributed by atoms with E-state index < -0.39 is 28.6 Å². The Balaban J connectivity index is 1.76. The van der Waals surface area contributed by atoms with Crippen LogP contribution in [0.5, 0.6) is 0 Å². The van der Waals surface area contributed by atoms with Gasteiger partial charge in [-0.3, -0.25) is 14.4 Å². The summed E-state index contributed by atoms with van der Waals surface area (Å²) in [6.45, 7) is 13.3. The van der Waals surface area contributed by atoms with Crippen LogP contribution in [-0.2, 0) is 0 Å². The van der Waals surface area contributed by atoms with Gasteiger partial charge in [-0.2, -0.15) is 0 Å². The van der Waals surface area contributed by atoms with E-state index >= 15 is 0 Å². The summed E-state index contributed by atoms with van der Waals surface area (Å²) in [6, 6.07) is 2.51. The van der Waals surface area contributed by atoms with Crippen molar-refractivity contribution in [3.8, 4) is 0 Å². The van der Waals surface area contributed by atoms with Gasteiger partial charge in [-0.15, -0.1) is 0 Å². The van der Waals surface area contributed by atoms with Gasteiger partial charge in [0, 0.05) is 0 Å². The van der Waals surface area contributed by atoms with E-state index in [0.717, 1.165) is 11.3 Å². The lowest BCUT2D eigenvalue weighted by atomic mass is 9.84. The first-order valence-corrected chi connectivity index (χ1v) is 10.9. The van der Waals surface area contributed by atoms with Crippen molar-refractivity contribution in [3.05, 3.63) is 72.2 Å². The first-order chi connectivity index (χ1) is 15.3. The van der Waals surface area contributed by atoms with Crippen LogP contribution in [0.4, 0.5) is 21.5 Å². The molecule has 4 rings (SSSR count). The molecule has 3 N–H and O–H groups in total. The number of carbonyl (C=O) groups is 1.